The molecule has 0 saturated carbocycles. The molecule has 9 aromatic rings. The van der Waals surface area contributed by atoms with Crippen LogP contribution in [0.3, 0.4) is 0 Å². The molecule has 0 N–H and O–H groups in total. The highest BCUT2D eigenvalue weighted by molar-refractivity contribution is 9.10. The molecule has 7 aromatic carbocycles. The van der Waals surface area contributed by atoms with E-state index in [0.717, 1.165) is 15.8 Å². The number of hydrogen-bond acceptors (Lipinski definition) is 0. The topological polar surface area (TPSA) is 9.86 Å². The molecule has 0 aliphatic heterocycles. The molecule has 0 radical (unpaired) electrons. The number of fused-ring (bicyclic) bond motifs is 7. The molecule has 2 nitrogen and oxygen atoms in total. The average Bonchev–Trinajstić information content (AvgIpc) is 3.67. The van der Waals surface area contributed by atoms with Crippen LogP contribution < -0.4 is 0 Å². The quantitative estimate of drug-likeness (QED) is 0.168. The summed E-state index contributed by atoms with van der Waals surface area (Å²) in [6.45, 7) is 27.7. The molecule has 59 heavy (non-hydrogen) atoms. The summed E-state index contributed by atoms with van der Waals surface area (Å²) in [6.07, 6.45) is 0. The van der Waals surface area contributed by atoms with E-state index in [-0.39, 0.29) is 21.7 Å². The van der Waals surface area contributed by atoms with E-state index in [1.165, 1.54) is 87.8 Å². The molecule has 0 atom stereocenters. The lowest BCUT2D eigenvalue weighted by molar-refractivity contribution is 0.590. The van der Waals surface area contributed by atoms with Gasteiger partial charge < -0.3 is 9.13 Å². The fraction of sp³-hybridized carbons (Fsp3) is 0.286. The highest BCUT2D eigenvalue weighted by Gasteiger charge is 2.26. The maximum absolute atomic E-state index is 4.21. The molecule has 298 valence electrons. The number of benzene rings is 7. The van der Waals surface area contributed by atoms with Gasteiger partial charge in [0.15, 0.2) is 0 Å². The molecule has 0 fully saturated rings. The van der Waals surface area contributed by atoms with E-state index < -0.39 is 0 Å². The van der Waals surface area contributed by atoms with Crippen LogP contribution in [0.5, 0.6) is 0 Å². The zero-order chi connectivity index (χ0) is 42.0. The van der Waals surface area contributed by atoms with Crippen molar-refractivity contribution in [1.29, 1.82) is 0 Å². The van der Waals surface area contributed by atoms with Crippen molar-refractivity contribution in [3.63, 3.8) is 0 Å². The first-order valence-electron chi connectivity index (χ1n) is 21.2. The van der Waals surface area contributed by atoms with Crippen LogP contribution in [0.25, 0.3) is 76.9 Å². The molecule has 0 aliphatic carbocycles. The van der Waals surface area contributed by atoms with Crippen molar-refractivity contribution in [2.24, 2.45) is 0 Å². The normalized spacial score (nSPS) is 13.2. The predicted octanol–water partition coefficient (Wildman–Crippen LogP) is 16.7. The van der Waals surface area contributed by atoms with Gasteiger partial charge in [-0.3, -0.25) is 0 Å². The van der Waals surface area contributed by atoms with Gasteiger partial charge in [0.25, 0.3) is 0 Å². The summed E-state index contributed by atoms with van der Waals surface area (Å²) in [6, 6.07) is 48.9. The van der Waals surface area contributed by atoms with Gasteiger partial charge in [-0.05, 0) is 143 Å². The van der Waals surface area contributed by atoms with Gasteiger partial charge >= 0.3 is 0 Å². The smallest absolute Gasteiger partial charge is 0.0625 e. The average molecular weight is 838 g/mol. The Morgan fingerprint density at radius 2 is 0.729 bits per heavy atom. The molecular formula is C56H57BrN2. The summed E-state index contributed by atoms with van der Waals surface area (Å²) >= 11 is 4.21. The molecule has 2 heterocycles. The second-order valence-electron chi connectivity index (χ2n) is 21.0. The predicted molar refractivity (Wildman–Crippen MR) is 261 cm³/mol. The van der Waals surface area contributed by atoms with Crippen LogP contribution in [0.2, 0.25) is 0 Å². The summed E-state index contributed by atoms with van der Waals surface area (Å²) in [5.74, 6) is 0. The van der Waals surface area contributed by atoms with E-state index in [2.05, 4.69) is 236 Å². The Kier molecular flexibility index (Phi) is 8.97. The first-order valence-corrected chi connectivity index (χ1v) is 22.0. The van der Waals surface area contributed by atoms with Crippen LogP contribution in [0.1, 0.15) is 105 Å². The van der Waals surface area contributed by atoms with Gasteiger partial charge in [0, 0.05) is 31.6 Å². The first kappa shape index (κ1) is 39.3. The monoisotopic (exact) mass is 836 g/mol. The molecule has 0 aliphatic rings. The van der Waals surface area contributed by atoms with Gasteiger partial charge in [0.2, 0.25) is 0 Å². The number of hydrogen-bond donors (Lipinski definition) is 0. The molecule has 0 spiro atoms. The van der Waals surface area contributed by atoms with E-state index in [4.69, 9.17) is 0 Å². The molecule has 0 bridgehead atoms. The van der Waals surface area contributed by atoms with Crippen molar-refractivity contribution in [2.45, 2.75) is 105 Å². The summed E-state index contributed by atoms with van der Waals surface area (Å²) in [7, 11) is 0. The van der Waals surface area contributed by atoms with E-state index in [1.54, 1.807) is 0 Å². The van der Waals surface area contributed by atoms with Crippen molar-refractivity contribution in [2.75, 3.05) is 0 Å². The SMILES string of the molecule is CC(C)(C)c1ccc2c(c1)c1cc(C(C)(C)C)ccc1n2-c1cc(-n2c3ccc(C(C)(C)C)cc3c3cc(C(C)(C)C)ccc32)c(-c2ccc3ccccc3c2)cc1Br. The third-order valence-corrected chi connectivity index (χ3v) is 13.2. The van der Waals surface area contributed by atoms with Crippen molar-refractivity contribution in [1.82, 2.24) is 9.13 Å². The number of rotatable bonds is 3. The number of halogens is 1. The lowest BCUT2D eigenvalue weighted by Gasteiger charge is -2.21. The lowest BCUT2D eigenvalue weighted by atomic mass is 9.85. The van der Waals surface area contributed by atoms with E-state index in [1.807, 2.05) is 0 Å². The summed E-state index contributed by atoms with van der Waals surface area (Å²) in [4.78, 5) is 0. The Morgan fingerprint density at radius 1 is 0.356 bits per heavy atom. The van der Waals surface area contributed by atoms with Gasteiger partial charge in [-0.25, -0.2) is 0 Å². The number of nitrogens with zero attached hydrogens (tertiary/aromatic N) is 2. The highest BCUT2D eigenvalue weighted by atomic mass is 79.9. The Bertz CT molecular complexity index is 3000. The Labute approximate surface area is 359 Å². The van der Waals surface area contributed by atoms with Crippen LogP contribution >= 0.6 is 15.9 Å². The van der Waals surface area contributed by atoms with E-state index >= 15 is 0 Å². The Balaban J connectivity index is 1.42. The highest BCUT2D eigenvalue weighted by Crippen LogP contribution is 2.45. The van der Waals surface area contributed by atoms with Gasteiger partial charge in [0.05, 0.1) is 33.4 Å². The molecule has 2 aromatic heterocycles. The molecule has 0 amide bonds. The van der Waals surface area contributed by atoms with Crippen LogP contribution in [0, 0.1) is 0 Å². The standard InChI is InChI=1S/C56H57BrN2/c1-53(2,3)37-19-23-47-42(28-37)43-29-38(54(4,5)6)20-24-48(43)58(47)51-33-52(46(57)32-41(51)36-18-17-34-15-13-14-16-35(34)27-36)59-49-25-21-39(55(7,8)9)30-44(49)45-31-40(56(10,11)12)22-26-50(45)59/h13-33H,1-12H3. The van der Waals surface area contributed by atoms with Crippen molar-refractivity contribution in [3.05, 3.63) is 154 Å². The van der Waals surface area contributed by atoms with E-state index in [0.29, 0.717) is 0 Å². The van der Waals surface area contributed by atoms with Crippen LogP contribution in [-0.2, 0) is 21.7 Å². The van der Waals surface area contributed by atoms with Crippen molar-refractivity contribution < 1.29 is 0 Å². The molecule has 9 rings (SSSR count). The lowest BCUT2D eigenvalue weighted by Crippen LogP contribution is -2.10. The van der Waals surface area contributed by atoms with Gasteiger partial charge in [-0.1, -0.05) is 144 Å². The maximum Gasteiger partial charge on any atom is 0.0625 e. The summed E-state index contributed by atoms with van der Waals surface area (Å²) in [5, 5.41) is 7.61. The Morgan fingerprint density at radius 3 is 1.12 bits per heavy atom. The second-order valence-corrected chi connectivity index (χ2v) is 21.8. The second kappa shape index (κ2) is 13.4. The zero-order valence-electron chi connectivity index (χ0n) is 36.9. The minimum absolute atomic E-state index is 0.0154. The number of aromatic nitrogens is 2. The van der Waals surface area contributed by atoms with E-state index in [9.17, 15) is 0 Å². The molecule has 0 saturated heterocycles. The largest absolute Gasteiger partial charge is 0.309 e. The fourth-order valence-corrected chi connectivity index (χ4v) is 9.45. The first-order chi connectivity index (χ1) is 27.7. The minimum atomic E-state index is 0.0154. The van der Waals surface area contributed by atoms with Gasteiger partial charge in [-0.2, -0.15) is 0 Å². The van der Waals surface area contributed by atoms with Crippen molar-refractivity contribution >= 4 is 70.3 Å². The summed E-state index contributed by atoms with van der Waals surface area (Å²) in [5.41, 5.74) is 14.9. The third-order valence-electron chi connectivity index (χ3n) is 12.6. The van der Waals surface area contributed by atoms with Gasteiger partial charge in [0.1, 0.15) is 0 Å². The molecule has 3 heteroatoms. The zero-order valence-corrected chi connectivity index (χ0v) is 38.5. The fourth-order valence-electron chi connectivity index (χ4n) is 8.93. The van der Waals surface area contributed by atoms with Crippen molar-refractivity contribution in [3.8, 4) is 22.5 Å². The van der Waals surface area contributed by atoms with Crippen LogP contribution in [0.15, 0.2) is 132 Å². The van der Waals surface area contributed by atoms with Crippen LogP contribution in [0.4, 0.5) is 0 Å². The molecular weight excluding hydrogens is 781 g/mol. The van der Waals surface area contributed by atoms with Gasteiger partial charge in [-0.15, -0.1) is 0 Å². The maximum atomic E-state index is 4.21. The molecule has 0 unspecified atom stereocenters. The Hall–Kier alpha value is -5.12. The third kappa shape index (κ3) is 6.71. The summed E-state index contributed by atoms with van der Waals surface area (Å²) < 4.78 is 6.08. The van der Waals surface area contributed by atoms with Crippen LogP contribution in [-0.4, -0.2) is 9.13 Å². The minimum Gasteiger partial charge on any atom is -0.309 e.